The lowest BCUT2D eigenvalue weighted by Crippen LogP contribution is -2.09. The molecule has 0 aliphatic carbocycles. The fourth-order valence-electron chi connectivity index (χ4n) is 3.49. The van der Waals surface area contributed by atoms with Gasteiger partial charge in [0.1, 0.15) is 11.5 Å². The third-order valence-corrected chi connectivity index (χ3v) is 5.22. The Morgan fingerprint density at radius 3 is 1.44 bits per heavy atom. The van der Waals surface area contributed by atoms with Crippen molar-refractivity contribution >= 4 is 29.1 Å². The number of ketones is 1. The predicted octanol–water partition coefficient (Wildman–Crippen LogP) is 4.18. The molecule has 4 N–H and O–H groups in total. The number of methoxy groups -OCH3 is 2. The van der Waals surface area contributed by atoms with Crippen molar-refractivity contribution in [3.63, 3.8) is 0 Å². The molecule has 2 aromatic carbocycles. The maximum absolute atomic E-state index is 13.4. The van der Waals surface area contributed by atoms with E-state index in [1.54, 1.807) is 48.5 Å². The Bertz CT molecular complexity index is 1310. The number of hydrogen-bond acceptors (Lipinski definition) is 9. The molecule has 0 saturated heterocycles. The van der Waals surface area contributed by atoms with Crippen molar-refractivity contribution in [2.45, 2.75) is 0 Å². The molecule has 0 aliphatic heterocycles. The molecule has 9 nitrogen and oxygen atoms in total. The van der Waals surface area contributed by atoms with E-state index in [1.807, 2.05) is 0 Å². The van der Waals surface area contributed by atoms with E-state index in [-0.39, 0.29) is 34.0 Å². The van der Waals surface area contributed by atoms with Crippen LogP contribution in [0.2, 0.25) is 0 Å². The Hall–Kier alpha value is -4.79. The molecular formula is C25H20N2O7. The second-order valence-corrected chi connectivity index (χ2v) is 7.17. The number of anilines is 2. The van der Waals surface area contributed by atoms with Crippen molar-refractivity contribution in [1.29, 1.82) is 0 Å². The Balaban J connectivity index is 1.72. The minimum absolute atomic E-state index is 0.00958. The fourth-order valence-corrected chi connectivity index (χ4v) is 3.49. The van der Waals surface area contributed by atoms with Crippen LogP contribution in [0.5, 0.6) is 0 Å². The van der Waals surface area contributed by atoms with Gasteiger partial charge in [0.05, 0.1) is 25.6 Å². The summed E-state index contributed by atoms with van der Waals surface area (Å²) in [6.07, 6.45) is 0. The molecule has 172 valence electrons. The molecule has 4 aromatic rings. The van der Waals surface area contributed by atoms with Gasteiger partial charge in [0.25, 0.3) is 0 Å². The lowest BCUT2D eigenvalue weighted by molar-refractivity contribution is 0.0558. The molecule has 0 atom stereocenters. The average Bonchev–Trinajstić information content (AvgIpc) is 3.53. The number of ether oxygens (including phenoxy) is 2. The van der Waals surface area contributed by atoms with Crippen molar-refractivity contribution < 1.29 is 32.7 Å². The lowest BCUT2D eigenvalue weighted by atomic mass is 9.95. The lowest BCUT2D eigenvalue weighted by Gasteiger charge is -2.12. The van der Waals surface area contributed by atoms with Crippen LogP contribution in [-0.2, 0) is 9.47 Å². The number of carbonyl (C=O) groups excluding carboxylic acids is 3. The highest BCUT2D eigenvalue weighted by Gasteiger charge is 2.22. The van der Waals surface area contributed by atoms with Gasteiger partial charge < -0.3 is 29.8 Å². The summed E-state index contributed by atoms with van der Waals surface area (Å²) in [5.41, 5.74) is 14.2. The number of hydrogen-bond donors (Lipinski definition) is 2. The maximum Gasteiger partial charge on any atom is 0.373 e. The highest BCUT2D eigenvalue weighted by atomic mass is 16.5. The maximum atomic E-state index is 13.4. The normalized spacial score (nSPS) is 10.6. The van der Waals surface area contributed by atoms with E-state index in [4.69, 9.17) is 20.3 Å². The van der Waals surface area contributed by atoms with E-state index in [1.165, 1.54) is 26.4 Å². The van der Waals surface area contributed by atoms with Crippen LogP contribution < -0.4 is 11.5 Å². The molecule has 0 unspecified atom stereocenters. The van der Waals surface area contributed by atoms with Crippen LogP contribution in [0.4, 0.5) is 11.4 Å². The predicted molar refractivity (Wildman–Crippen MR) is 123 cm³/mol. The zero-order valence-corrected chi connectivity index (χ0v) is 18.3. The number of carbonyl (C=O) groups is 3. The van der Waals surface area contributed by atoms with Gasteiger partial charge in [-0.05, 0) is 48.5 Å². The molecule has 2 aromatic heterocycles. The van der Waals surface area contributed by atoms with Gasteiger partial charge in [-0.15, -0.1) is 0 Å². The first-order valence-electron chi connectivity index (χ1n) is 10.0. The summed E-state index contributed by atoms with van der Waals surface area (Å²) >= 11 is 0. The molecule has 0 radical (unpaired) electrons. The topological polar surface area (TPSA) is 148 Å². The quantitative estimate of drug-likeness (QED) is 0.245. The Labute approximate surface area is 193 Å². The van der Waals surface area contributed by atoms with Gasteiger partial charge in [0.15, 0.2) is 5.78 Å². The zero-order valence-electron chi connectivity index (χ0n) is 18.3. The number of rotatable bonds is 6. The van der Waals surface area contributed by atoms with E-state index >= 15 is 0 Å². The van der Waals surface area contributed by atoms with Crippen LogP contribution in [0.3, 0.4) is 0 Å². The Morgan fingerprint density at radius 1 is 0.647 bits per heavy atom. The molecule has 0 aliphatic rings. The second kappa shape index (κ2) is 8.99. The summed E-state index contributed by atoms with van der Waals surface area (Å²) in [4.78, 5) is 36.8. The molecule has 0 amide bonds. The molecule has 0 saturated carbocycles. The first-order chi connectivity index (χ1) is 16.3. The van der Waals surface area contributed by atoms with E-state index in [9.17, 15) is 14.4 Å². The standard InChI is InChI=1S/C25H20N2O7/c1-31-24(29)19-11-9-17(33-19)13-5-3-7-15(21(13)26)23(28)16-8-4-6-14(22(16)27)18-10-12-20(34-18)25(30)32-2/h3-12H,26-27H2,1-2H3. The molecule has 0 spiro atoms. The van der Waals surface area contributed by atoms with Gasteiger partial charge in [0.2, 0.25) is 11.5 Å². The summed E-state index contributed by atoms with van der Waals surface area (Å²) in [5.74, 6) is -1.05. The summed E-state index contributed by atoms with van der Waals surface area (Å²) in [6, 6.07) is 15.8. The minimum atomic E-state index is -0.630. The highest BCUT2D eigenvalue weighted by molar-refractivity contribution is 6.17. The van der Waals surface area contributed by atoms with Crippen LogP contribution >= 0.6 is 0 Å². The summed E-state index contributed by atoms with van der Waals surface area (Å²) < 4.78 is 20.4. The van der Waals surface area contributed by atoms with Crippen LogP contribution in [-0.4, -0.2) is 31.9 Å². The van der Waals surface area contributed by atoms with E-state index in [2.05, 4.69) is 9.47 Å². The molecule has 9 heteroatoms. The smallest absolute Gasteiger partial charge is 0.373 e. The van der Waals surface area contributed by atoms with E-state index in [0.29, 0.717) is 22.6 Å². The van der Waals surface area contributed by atoms with Gasteiger partial charge in [-0.25, -0.2) is 9.59 Å². The first kappa shape index (κ1) is 22.4. The minimum Gasteiger partial charge on any atom is -0.463 e. The Kier molecular flexibility index (Phi) is 5.92. The summed E-state index contributed by atoms with van der Waals surface area (Å²) in [7, 11) is 2.49. The summed E-state index contributed by atoms with van der Waals surface area (Å²) in [6.45, 7) is 0. The van der Waals surface area contributed by atoms with Crippen molar-refractivity contribution in [2.24, 2.45) is 0 Å². The molecule has 2 heterocycles. The molecule has 34 heavy (non-hydrogen) atoms. The number of nitrogens with two attached hydrogens (primary N) is 2. The number of esters is 2. The molecular weight excluding hydrogens is 440 g/mol. The monoisotopic (exact) mass is 460 g/mol. The van der Waals surface area contributed by atoms with Gasteiger partial charge in [0, 0.05) is 22.3 Å². The molecule has 4 rings (SSSR count). The third kappa shape index (κ3) is 3.90. The average molecular weight is 460 g/mol. The fraction of sp³-hybridized carbons (Fsp3) is 0.0800. The SMILES string of the molecule is COC(=O)c1ccc(-c2cccc(C(=O)c3cccc(-c4ccc(C(=O)OC)o4)c3N)c2N)o1. The number of benzene rings is 2. The van der Waals surface area contributed by atoms with Crippen LogP contribution in [0, 0.1) is 0 Å². The van der Waals surface area contributed by atoms with Crippen LogP contribution in [0.25, 0.3) is 22.6 Å². The second-order valence-electron chi connectivity index (χ2n) is 7.17. The number of para-hydroxylation sites is 2. The van der Waals surface area contributed by atoms with Crippen molar-refractivity contribution in [1.82, 2.24) is 0 Å². The van der Waals surface area contributed by atoms with Crippen molar-refractivity contribution in [2.75, 3.05) is 25.7 Å². The van der Waals surface area contributed by atoms with Gasteiger partial charge in [-0.3, -0.25) is 4.79 Å². The van der Waals surface area contributed by atoms with Crippen LogP contribution in [0.1, 0.15) is 37.0 Å². The molecule has 0 bridgehead atoms. The van der Waals surface area contributed by atoms with Crippen LogP contribution in [0.15, 0.2) is 69.5 Å². The summed E-state index contributed by atoms with van der Waals surface area (Å²) in [5, 5.41) is 0. The third-order valence-electron chi connectivity index (χ3n) is 5.22. The van der Waals surface area contributed by atoms with Crippen molar-refractivity contribution in [3.8, 4) is 22.6 Å². The number of furan rings is 2. The highest BCUT2D eigenvalue weighted by Crippen LogP contribution is 2.35. The largest absolute Gasteiger partial charge is 0.463 e. The Morgan fingerprint density at radius 2 is 1.06 bits per heavy atom. The van der Waals surface area contributed by atoms with E-state index < -0.39 is 17.7 Å². The zero-order chi connectivity index (χ0) is 24.4. The van der Waals surface area contributed by atoms with Gasteiger partial charge in [-0.1, -0.05) is 12.1 Å². The number of nitrogen functional groups attached to an aromatic ring is 2. The van der Waals surface area contributed by atoms with E-state index in [0.717, 1.165) is 0 Å². The molecule has 0 fully saturated rings. The first-order valence-corrected chi connectivity index (χ1v) is 10.0. The van der Waals surface area contributed by atoms with Crippen molar-refractivity contribution in [3.05, 3.63) is 83.3 Å². The van der Waals surface area contributed by atoms with Gasteiger partial charge in [-0.2, -0.15) is 0 Å². The van der Waals surface area contributed by atoms with Gasteiger partial charge >= 0.3 is 11.9 Å².